The van der Waals surface area contributed by atoms with Crippen LogP contribution in [-0.4, -0.2) is 46.6 Å². The molecule has 26 heavy (non-hydrogen) atoms. The van der Waals surface area contributed by atoms with E-state index in [1.807, 2.05) is 0 Å². The minimum absolute atomic E-state index is 0.0551. The standard InChI is InChI=1S/C18H16ClFN2O4/c1-10-12(18(24)25)4-5-15(21-10)17(23)22-6-7-26-16(9-22)13-3-2-11(20)8-14(13)19/h2-5,8,16H,6-7,9H2,1H3,(H,24,25). The van der Waals surface area contributed by atoms with Crippen LogP contribution in [0.5, 0.6) is 0 Å². The Labute approximate surface area is 154 Å². The number of hydrogen-bond acceptors (Lipinski definition) is 4. The first-order valence-corrected chi connectivity index (χ1v) is 8.31. The van der Waals surface area contributed by atoms with Gasteiger partial charge in [0, 0.05) is 17.1 Å². The molecule has 8 heteroatoms. The first-order valence-electron chi connectivity index (χ1n) is 7.93. The van der Waals surface area contributed by atoms with Crippen LogP contribution < -0.4 is 0 Å². The highest BCUT2D eigenvalue weighted by molar-refractivity contribution is 6.31. The van der Waals surface area contributed by atoms with Gasteiger partial charge in [-0.2, -0.15) is 0 Å². The molecule has 1 aromatic heterocycles. The van der Waals surface area contributed by atoms with Crippen molar-refractivity contribution in [2.75, 3.05) is 19.7 Å². The summed E-state index contributed by atoms with van der Waals surface area (Å²) in [5.41, 5.74) is 1.10. The number of carbonyl (C=O) groups is 2. The number of pyridine rings is 1. The molecule has 6 nitrogen and oxygen atoms in total. The lowest BCUT2D eigenvalue weighted by atomic mass is 10.1. The molecule has 2 aromatic rings. The van der Waals surface area contributed by atoms with Gasteiger partial charge in [-0.1, -0.05) is 17.7 Å². The number of nitrogens with zero attached hydrogens (tertiary/aromatic N) is 2. The van der Waals surface area contributed by atoms with E-state index in [1.165, 1.54) is 24.3 Å². The molecule has 1 saturated heterocycles. The summed E-state index contributed by atoms with van der Waals surface area (Å²) >= 11 is 6.08. The Bertz CT molecular complexity index is 874. The molecule has 3 rings (SSSR count). The Morgan fingerprint density at radius 2 is 2.12 bits per heavy atom. The molecule has 0 spiro atoms. The number of rotatable bonds is 3. The van der Waals surface area contributed by atoms with E-state index in [1.54, 1.807) is 17.9 Å². The predicted molar refractivity (Wildman–Crippen MR) is 91.9 cm³/mol. The van der Waals surface area contributed by atoms with E-state index >= 15 is 0 Å². The number of amides is 1. The smallest absolute Gasteiger partial charge is 0.337 e. The molecule has 0 saturated carbocycles. The van der Waals surface area contributed by atoms with E-state index < -0.39 is 17.9 Å². The van der Waals surface area contributed by atoms with Crippen LogP contribution >= 0.6 is 11.6 Å². The van der Waals surface area contributed by atoms with E-state index in [0.29, 0.717) is 18.7 Å². The second-order valence-electron chi connectivity index (χ2n) is 5.91. The molecule has 1 N–H and O–H groups in total. The highest BCUT2D eigenvalue weighted by atomic mass is 35.5. The Kier molecular flexibility index (Phi) is 5.20. The van der Waals surface area contributed by atoms with Crippen molar-refractivity contribution in [1.29, 1.82) is 0 Å². The van der Waals surface area contributed by atoms with Crippen LogP contribution in [-0.2, 0) is 4.74 Å². The minimum Gasteiger partial charge on any atom is -0.478 e. The lowest BCUT2D eigenvalue weighted by Crippen LogP contribution is -2.42. The predicted octanol–water partition coefficient (Wildman–Crippen LogP) is 3.09. The summed E-state index contributed by atoms with van der Waals surface area (Å²) in [5.74, 6) is -1.86. The fraction of sp³-hybridized carbons (Fsp3) is 0.278. The Morgan fingerprint density at radius 3 is 2.77 bits per heavy atom. The van der Waals surface area contributed by atoms with Gasteiger partial charge in [-0.3, -0.25) is 4.79 Å². The molecule has 1 fully saturated rings. The molecule has 1 aliphatic heterocycles. The maximum Gasteiger partial charge on any atom is 0.337 e. The van der Waals surface area contributed by atoms with Crippen LogP contribution in [0.2, 0.25) is 5.02 Å². The van der Waals surface area contributed by atoms with Crippen LogP contribution in [0.15, 0.2) is 30.3 Å². The molecule has 136 valence electrons. The van der Waals surface area contributed by atoms with Gasteiger partial charge in [0.2, 0.25) is 0 Å². The number of hydrogen-bond donors (Lipinski definition) is 1. The van der Waals surface area contributed by atoms with Gasteiger partial charge in [0.15, 0.2) is 0 Å². The zero-order chi connectivity index (χ0) is 18.8. The molecular formula is C18H16ClFN2O4. The average molecular weight is 379 g/mol. The fourth-order valence-corrected chi connectivity index (χ4v) is 3.14. The Balaban J connectivity index is 1.80. The van der Waals surface area contributed by atoms with Crippen molar-refractivity contribution in [3.63, 3.8) is 0 Å². The number of benzene rings is 1. The van der Waals surface area contributed by atoms with Gasteiger partial charge in [0.05, 0.1) is 24.4 Å². The van der Waals surface area contributed by atoms with Crippen LogP contribution in [0.1, 0.15) is 38.2 Å². The lowest BCUT2D eigenvalue weighted by molar-refractivity contribution is -0.0230. The van der Waals surface area contributed by atoms with Crippen molar-refractivity contribution < 1.29 is 23.8 Å². The number of carboxylic acids is 1. The molecule has 1 atom stereocenters. The highest BCUT2D eigenvalue weighted by Gasteiger charge is 2.28. The van der Waals surface area contributed by atoms with E-state index in [-0.39, 0.29) is 34.4 Å². The molecule has 0 aliphatic carbocycles. The first-order chi connectivity index (χ1) is 12.4. The summed E-state index contributed by atoms with van der Waals surface area (Å²) < 4.78 is 18.9. The zero-order valence-corrected chi connectivity index (χ0v) is 14.7. The third kappa shape index (κ3) is 3.68. The van der Waals surface area contributed by atoms with Crippen molar-refractivity contribution >= 4 is 23.5 Å². The first kappa shape index (κ1) is 18.3. The number of aryl methyl sites for hydroxylation is 1. The van der Waals surface area contributed by atoms with Crippen LogP contribution in [0.4, 0.5) is 4.39 Å². The fourth-order valence-electron chi connectivity index (χ4n) is 2.85. The van der Waals surface area contributed by atoms with Gasteiger partial charge in [-0.15, -0.1) is 0 Å². The molecule has 0 radical (unpaired) electrons. The summed E-state index contributed by atoms with van der Waals surface area (Å²) in [6, 6.07) is 6.80. The molecular weight excluding hydrogens is 363 g/mol. The number of carbonyl (C=O) groups excluding carboxylic acids is 1. The summed E-state index contributed by atoms with van der Waals surface area (Å²) in [5, 5.41) is 9.30. The monoisotopic (exact) mass is 378 g/mol. The largest absolute Gasteiger partial charge is 0.478 e. The van der Waals surface area contributed by atoms with Crippen molar-refractivity contribution in [2.45, 2.75) is 13.0 Å². The maximum absolute atomic E-state index is 13.2. The van der Waals surface area contributed by atoms with Gasteiger partial charge in [0.1, 0.15) is 17.6 Å². The van der Waals surface area contributed by atoms with Crippen molar-refractivity contribution in [3.05, 3.63) is 63.7 Å². The van der Waals surface area contributed by atoms with Crippen molar-refractivity contribution in [3.8, 4) is 0 Å². The number of aromatic carboxylic acids is 1. The minimum atomic E-state index is -1.09. The van der Waals surface area contributed by atoms with Gasteiger partial charge in [-0.25, -0.2) is 14.2 Å². The van der Waals surface area contributed by atoms with Crippen molar-refractivity contribution in [2.24, 2.45) is 0 Å². The second-order valence-corrected chi connectivity index (χ2v) is 6.32. The molecule has 1 amide bonds. The van der Waals surface area contributed by atoms with E-state index in [9.17, 15) is 14.0 Å². The summed E-state index contributed by atoms with van der Waals surface area (Å²) in [6.45, 7) is 2.46. The SMILES string of the molecule is Cc1nc(C(=O)N2CCOC(c3ccc(F)cc3Cl)C2)ccc1C(=O)O. The summed E-state index contributed by atoms with van der Waals surface area (Å²) in [4.78, 5) is 29.5. The van der Waals surface area contributed by atoms with E-state index in [4.69, 9.17) is 21.4 Å². The molecule has 1 aromatic carbocycles. The summed E-state index contributed by atoms with van der Waals surface area (Å²) in [7, 11) is 0. The van der Waals surface area contributed by atoms with Gasteiger partial charge < -0.3 is 14.7 Å². The number of halogens is 2. The number of morpholine rings is 1. The topological polar surface area (TPSA) is 79.7 Å². The van der Waals surface area contributed by atoms with Crippen molar-refractivity contribution in [1.82, 2.24) is 9.88 Å². The third-order valence-corrected chi connectivity index (χ3v) is 4.53. The maximum atomic E-state index is 13.2. The zero-order valence-electron chi connectivity index (χ0n) is 13.9. The van der Waals surface area contributed by atoms with Gasteiger partial charge >= 0.3 is 5.97 Å². The highest BCUT2D eigenvalue weighted by Crippen LogP contribution is 2.29. The molecule has 1 aliphatic rings. The Morgan fingerprint density at radius 1 is 1.35 bits per heavy atom. The van der Waals surface area contributed by atoms with Crippen LogP contribution in [0.3, 0.4) is 0 Å². The number of ether oxygens (including phenoxy) is 1. The number of carboxylic acid groups (broad SMARTS) is 1. The van der Waals surface area contributed by atoms with Crippen LogP contribution in [0, 0.1) is 12.7 Å². The molecule has 1 unspecified atom stereocenters. The van der Waals surface area contributed by atoms with E-state index in [2.05, 4.69) is 4.98 Å². The van der Waals surface area contributed by atoms with Gasteiger partial charge in [-0.05, 0) is 31.2 Å². The number of aromatic nitrogens is 1. The second kappa shape index (κ2) is 7.39. The van der Waals surface area contributed by atoms with Crippen LogP contribution in [0.25, 0.3) is 0 Å². The van der Waals surface area contributed by atoms with Gasteiger partial charge in [0.25, 0.3) is 5.91 Å². The molecule has 0 bridgehead atoms. The Hall–Kier alpha value is -2.51. The average Bonchev–Trinajstić information content (AvgIpc) is 2.60. The quantitative estimate of drug-likeness (QED) is 0.887. The summed E-state index contributed by atoms with van der Waals surface area (Å²) in [6.07, 6.45) is -0.472. The lowest BCUT2D eigenvalue weighted by Gasteiger charge is -2.33. The molecule has 2 heterocycles. The normalized spacial score (nSPS) is 17.2. The third-order valence-electron chi connectivity index (χ3n) is 4.20. The van der Waals surface area contributed by atoms with E-state index in [0.717, 1.165) is 0 Å².